The normalized spacial score (nSPS) is 18.0. The zero-order chi connectivity index (χ0) is 14.5. The summed E-state index contributed by atoms with van der Waals surface area (Å²) >= 11 is 0. The lowest BCUT2D eigenvalue weighted by Gasteiger charge is -2.13. The van der Waals surface area contributed by atoms with E-state index in [1.807, 2.05) is 6.07 Å². The highest BCUT2D eigenvalue weighted by Gasteiger charge is 2.38. The first kappa shape index (κ1) is 14.0. The van der Waals surface area contributed by atoms with E-state index in [4.69, 9.17) is 10.00 Å². The number of hydrogen-bond donors (Lipinski definition) is 1. The van der Waals surface area contributed by atoms with E-state index in [9.17, 15) is 9.59 Å². The van der Waals surface area contributed by atoms with Crippen LogP contribution in [0.3, 0.4) is 0 Å². The van der Waals surface area contributed by atoms with Crippen molar-refractivity contribution < 1.29 is 14.3 Å². The molecule has 1 N–H and O–H groups in total. The van der Waals surface area contributed by atoms with Gasteiger partial charge in [-0.1, -0.05) is 6.07 Å². The summed E-state index contributed by atoms with van der Waals surface area (Å²) < 4.78 is 4.93. The Kier molecular flexibility index (Phi) is 4.33. The summed E-state index contributed by atoms with van der Waals surface area (Å²) in [5.41, 5.74) is 0.826. The van der Waals surface area contributed by atoms with E-state index in [2.05, 4.69) is 5.32 Å². The molecule has 20 heavy (non-hydrogen) atoms. The lowest BCUT2D eigenvalue weighted by atomic mass is 10.1. The molecule has 6 heteroatoms. The molecule has 1 aromatic rings. The fourth-order valence-corrected chi connectivity index (χ4v) is 2.12. The molecule has 1 heterocycles. The van der Waals surface area contributed by atoms with Crippen LogP contribution < -0.4 is 10.2 Å². The molecule has 1 aromatic carbocycles. The quantitative estimate of drug-likeness (QED) is 0.649. The molecule has 3 amide bonds. The summed E-state index contributed by atoms with van der Waals surface area (Å²) in [5.74, 6) is -0.291. The second kappa shape index (κ2) is 6.17. The molecule has 0 aliphatic carbocycles. The largest absolute Gasteiger partial charge is 0.385 e. The number of rotatable bonds is 5. The predicted molar refractivity (Wildman–Crippen MR) is 72.1 cm³/mol. The number of nitriles is 1. The van der Waals surface area contributed by atoms with Gasteiger partial charge < -0.3 is 10.1 Å². The van der Waals surface area contributed by atoms with E-state index in [-0.39, 0.29) is 5.91 Å². The summed E-state index contributed by atoms with van der Waals surface area (Å²) in [7, 11) is 1.59. The van der Waals surface area contributed by atoms with Crippen molar-refractivity contribution in [1.29, 1.82) is 5.26 Å². The smallest absolute Gasteiger partial charge is 0.329 e. The van der Waals surface area contributed by atoms with E-state index in [0.29, 0.717) is 30.7 Å². The fourth-order valence-electron chi connectivity index (χ4n) is 2.12. The third kappa shape index (κ3) is 2.78. The molecule has 1 fully saturated rings. The maximum atomic E-state index is 12.2. The van der Waals surface area contributed by atoms with Crippen molar-refractivity contribution in [2.24, 2.45) is 0 Å². The second-order valence-corrected chi connectivity index (χ2v) is 4.47. The summed E-state index contributed by atoms with van der Waals surface area (Å²) in [6.45, 7) is 0.545. The molecule has 0 spiro atoms. The van der Waals surface area contributed by atoms with Crippen molar-refractivity contribution >= 4 is 17.6 Å². The van der Waals surface area contributed by atoms with Gasteiger partial charge >= 0.3 is 6.03 Å². The highest BCUT2D eigenvalue weighted by molar-refractivity contribution is 6.21. The zero-order valence-corrected chi connectivity index (χ0v) is 11.1. The van der Waals surface area contributed by atoms with Gasteiger partial charge in [0.25, 0.3) is 5.91 Å². The summed E-state index contributed by atoms with van der Waals surface area (Å²) in [6, 6.07) is 7.44. The topological polar surface area (TPSA) is 82.4 Å². The van der Waals surface area contributed by atoms with Gasteiger partial charge in [0.1, 0.15) is 6.04 Å². The maximum Gasteiger partial charge on any atom is 0.329 e. The number of imide groups is 1. The van der Waals surface area contributed by atoms with Crippen LogP contribution in [0.25, 0.3) is 0 Å². The number of anilines is 1. The number of benzene rings is 1. The molecule has 104 valence electrons. The Labute approximate surface area is 116 Å². The lowest BCUT2D eigenvalue weighted by molar-refractivity contribution is -0.118. The molecule has 1 aliphatic heterocycles. The number of carbonyl (C=O) groups excluding carboxylic acids is 2. The molecule has 0 saturated carbocycles. The van der Waals surface area contributed by atoms with Crippen LogP contribution in [0.1, 0.15) is 18.4 Å². The first-order chi connectivity index (χ1) is 9.67. The van der Waals surface area contributed by atoms with Crippen LogP contribution in [0, 0.1) is 11.3 Å². The molecule has 1 atom stereocenters. The predicted octanol–water partition coefficient (Wildman–Crippen LogP) is 1.41. The van der Waals surface area contributed by atoms with Gasteiger partial charge in [0.05, 0.1) is 17.3 Å². The standard InChI is InChI=1S/C14H15N3O3/c1-20-7-3-6-12-13(18)17(14(19)16-12)11-5-2-4-10(8-11)9-15/h2,4-5,8,12H,3,6-7H2,1H3,(H,16,19). The van der Waals surface area contributed by atoms with Crippen molar-refractivity contribution in [2.75, 3.05) is 18.6 Å². The minimum atomic E-state index is -0.525. The van der Waals surface area contributed by atoms with Crippen molar-refractivity contribution in [2.45, 2.75) is 18.9 Å². The fraction of sp³-hybridized carbons (Fsp3) is 0.357. The Morgan fingerprint density at radius 1 is 1.45 bits per heavy atom. The van der Waals surface area contributed by atoms with Crippen LogP contribution in [0.4, 0.5) is 10.5 Å². The van der Waals surface area contributed by atoms with E-state index < -0.39 is 12.1 Å². The van der Waals surface area contributed by atoms with Crippen LogP contribution >= 0.6 is 0 Å². The van der Waals surface area contributed by atoms with E-state index in [1.165, 1.54) is 6.07 Å². The SMILES string of the molecule is COCCCC1NC(=O)N(c2cccc(C#N)c2)C1=O. The molecule has 0 bridgehead atoms. The van der Waals surface area contributed by atoms with Crippen molar-refractivity contribution in [1.82, 2.24) is 5.32 Å². The van der Waals surface area contributed by atoms with Crippen LogP contribution in [-0.4, -0.2) is 31.7 Å². The Bertz CT molecular complexity index is 565. The van der Waals surface area contributed by atoms with Gasteiger partial charge in [-0.25, -0.2) is 9.69 Å². The Hall–Kier alpha value is -2.39. The third-order valence-corrected chi connectivity index (χ3v) is 3.09. The number of amides is 3. The molecule has 0 aromatic heterocycles. The maximum absolute atomic E-state index is 12.2. The number of nitrogens with one attached hydrogen (secondary N) is 1. The van der Waals surface area contributed by atoms with Gasteiger partial charge in [-0.2, -0.15) is 5.26 Å². The van der Waals surface area contributed by atoms with E-state index in [1.54, 1.807) is 25.3 Å². The zero-order valence-electron chi connectivity index (χ0n) is 11.1. The first-order valence-electron chi connectivity index (χ1n) is 6.31. The number of urea groups is 1. The second-order valence-electron chi connectivity index (χ2n) is 4.47. The van der Waals surface area contributed by atoms with Crippen LogP contribution in [-0.2, 0) is 9.53 Å². The Balaban J connectivity index is 2.14. The third-order valence-electron chi connectivity index (χ3n) is 3.09. The van der Waals surface area contributed by atoms with E-state index in [0.717, 1.165) is 4.90 Å². The summed E-state index contributed by atoms with van der Waals surface area (Å²) in [4.78, 5) is 25.2. The molecule has 6 nitrogen and oxygen atoms in total. The van der Waals surface area contributed by atoms with E-state index >= 15 is 0 Å². The van der Waals surface area contributed by atoms with Crippen LogP contribution in [0.5, 0.6) is 0 Å². The molecule has 1 aliphatic rings. The number of methoxy groups -OCH3 is 1. The molecule has 1 unspecified atom stereocenters. The number of carbonyl (C=O) groups is 2. The highest BCUT2D eigenvalue weighted by atomic mass is 16.5. The van der Waals surface area contributed by atoms with Crippen molar-refractivity contribution in [3.05, 3.63) is 29.8 Å². The molecular weight excluding hydrogens is 258 g/mol. The van der Waals surface area contributed by atoms with Gasteiger partial charge in [0.15, 0.2) is 0 Å². The first-order valence-corrected chi connectivity index (χ1v) is 6.31. The minimum absolute atomic E-state index is 0.291. The summed E-state index contributed by atoms with van der Waals surface area (Å²) in [6.07, 6.45) is 1.23. The van der Waals surface area contributed by atoms with Gasteiger partial charge in [0, 0.05) is 13.7 Å². The summed E-state index contributed by atoms with van der Waals surface area (Å²) in [5, 5.41) is 11.5. The van der Waals surface area contributed by atoms with Crippen LogP contribution in [0.2, 0.25) is 0 Å². The Morgan fingerprint density at radius 2 is 2.25 bits per heavy atom. The van der Waals surface area contributed by atoms with Crippen molar-refractivity contribution in [3.8, 4) is 6.07 Å². The van der Waals surface area contributed by atoms with Gasteiger partial charge in [-0.05, 0) is 31.0 Å². The van der Waals surface area contributed by atoms with Gasteiger partial charge in [0.2, 0.25) is 0 Å². The molecular formula is C14H15N3O3. The highest BCUT2D eigenvalue weighted by Crippen LogP contribution is 2.22. The van der Waals surface area contributed by atoms with Gasteiger partial charge in [-0.3, -0.25) is 4.79 Å². The number of hydrogen-bond acceptors (Lipinski definition) is 4. The van der Waals surface area contributed by atoms with Crippen LogP contribution in [0.15, 0.2) is 24.3 Å². The Morgan fingerprint density at radius 3 is 2.95 bits per heavy atom. The van der Waals surface area contributed by atoms with Crippen molar-refractivity contribution in [3.63, 3.8) is 0 Å². The van der Waals surface area contributed by atoms with Gasteiger partial charge in [-0.15, -0.1) is 0 Å². The molecule has 2 rings (SSSR count). The molecule has 0 radical (unpaired) electrons. The average molecular weight is 273 g/mol. The minimum Gasteiger partial charge on any atom is -0.385 e. The number of nitrogens with zero attached hydrogens (tertiary/aromatic N) is 2. The lowest BCUT2D eigenvalue weighted by Crippen LogP contribution is -2.31. The molecule has 1 saturated heterocycles. The monoisotopic (exact) mass is 273 g/mol. The number of ether oxygens (including phenoxy) is 1. The average Bonchev–Trinajstić information content (AvgIpc) is 2.74.